The molecule has 0 aliphatic carbocycles. The van der Waals surface area contributed by atoms with E-state index in [2.05, 4.69) is 20.9 Å². The Bertz CT molecular complexity index is 940. The molecule has 1 fully saturated rings. The highest BCUT2D eigenvalue weighted by molar-refractivity contribution is 6.06. The number of benzene rings is 1. The third kappa shape index (κ3) is 5.07. The average Bonchev–Trinajstić information content (AvgIpc) is 2.74. The van der Waals surface area contributed by atoms with Crippen molar-refractivity contribution in [3.05, 3.63) is 42.2 Å². The Labute approximate surface area is 166 Å². The minimum absolute atomic E-state index is 0.0269. The summed E-state index contributed by atoms with van der Waals surface area (Å²) < 4.78 is 0. The predicted molar refractivity (Wildman–Crippen MR) is 104 cm³/mol. The number of aromatic nitrogens is 1. The molecule has 152 valence electrons. The number of carboxylic acids is 1. The number of pyridine rings is 1. The van der Waals surface area contributed by atoms with Crippen molar-refractivity contribution in [2.24, 2.45) is 0 Å². The van der Waals surface area contributed by atoms with Crippen molar-refractivity contribution in [3.8, 4) is 0 Å². The maximum atomic E-state index is 12.8. The van der Waals surface area contributed by atoms with Crippen LogP contribution < -0.4 is 16.0 Å². The summed E-state index contributed by atoms with van der Waals surface area (Å²) in [5.41, 5.74) is 0.157. The minimum Gasteiger partial charge on any atom is -0.480 e. The van der Waals surface area contributed by atoms with Gasteiger partial charge in [0.1, 0.15) is 17.8 Å². The second-order valence-electron chi connectivity index (χ2n) is 6.84. The van der Waals surface area contributed by atoms with Crippen molar-refractivity contribution in [3.63, 3.8) is 0 Å². The highest BCUT2D eigenvalue weighted by Gasteiger charge is 2.28. The Morgan fingerprint density at radius 3 is 2.72 bits per heavy atom. The van der Waals surface area contributed by atoms with Gasteiger partial charge in [0, 0.05) is 24.5 Å². The maximum Gasteiger partial charge on any atom is 0.326 e. The molecule has 0 spiro atoms. The molecule has 2 atom stereocenters. The number of hydrogen-bond donors (Lipinski definition) is 4. The lowest BCUT2D eigenvalue weighted by Crippen LogP contribution is -2.51. The molecule has 9 nitrogen and oxygen atoms in total. The van der Waals surface area contributed by atoms with Crippen LogP contribution in [0.25, 0.3) is 10.8 Å². The van der Waals surface area contributed by atoms with Crippen molar-refractivity contribution >= 4 is 34.5 Å². The second-order valence-corrected chi connectivity index (χ2v) is 6.84. The zero-order valence-electron chi connectivity index (χ0n) is 15.7. The van der Waals surface area contributed by atoms with Crippen molar-refractivity contribution in [1.82, 2.24) is 20.9 Å². The first-order valence-corrected chi connectivity index (χ1v) is 9.40. The SMILES string of the molecule is O=C1CC[C@H](NC(=O)c2nccc3ccccc23)C(=O)N[C@H](C(=O)O)CCCN1. The zero-order chi connectivity index (χ0) is 20.8. The number of nitrogens with one attached hydrogen (secondary N) is 3. The third-order valence-electron chi connectivity index (χ3n) is 4.78. The Balaban J connectivity index is 1.82. The quantitative estimate of drug-likeness (QED) is 0.597. The molecule has 29 heavy (non-hydrogen) atoms. The zero-order valence-corrected chi connectivity index (χ0v) is 15.7. The molecule has 1 aliphatic heterocycles. The Morgan fingerprint density at radius 1 is 1.14 bits per heavy atom. The van der Waals surface area contributed by atoms with Crippen LogP contribution in [0.4, 0.5) is 0 Å². The molecule has 3 rings (SSSR count). The van der Waals surface area contributed by atoms with Gasteiger partial charge in [-0.1, -0.05) is 24.3 Å². The van der Waals surface area contributed by atoms with Crippen LogP contribution in [-0.2, 0) is 14.4 Å². The lowest BCUT2D eigenvalue weighted by atomic mass is 10.1. The number of aliphatic carboxylic acids is 1. The highest BCUT2D eigenvalue weighted by atomic mass is 16.4. The van der Waals surface area contributed by atoms with Crippen LogP contribution in [0.3, 0.4) is 0 Å². The number of carbonyl (C=O) groups is 4. The van der Waals surface area contributed by atoms with Crippen molar-refractivity contribution < 1.29 is 24.3 Å². The van der Waals surface area contributed by atoms with Gasteiger partial charge in [0.2, 0.25) is 11.8 Å². The molecule has 1 aromatic carbocycles. The molecule has 2 aromatic rings. The lowest BCUT2D eigenvalue weighted by Gasteiger charge is -2.20. The fourth-order valence-corrected chi connectivity index (χ4v) is 3.22. The van der Waals surface area contributed by atoms with Crippen molar-refractivity contribution in [1.29, 1.82) is 0 Å². The van der Waals surface area contributed by atoms with Gasteiger partial charge in [-0.15, -0.1) is 0 Å². The van der Waals surface area contributed by atoms with E-state index in [0.717, 1.165) is 5.39 Å². The Morgan fingerprint density at radius 2 is 1.93 bits per heavy atom. The van der Waals surface area contributed by atoms with Gasteiger partial charge in [-0.2, -0.15) is 0 Å². The third-order valence-corrected chi connectivity index (χ3v) is 4.78. The van der Waals surface area contributed by atoms with E-state index in [1.54, 1.807) is 18.2 Å². The average molecular weight is 398 g/mol. The summed E-state index contributed by atoms with van der Waals surface area (Å²) in [5, 5.41) is 18.5. The van der Waals surface area contributed by atoms with E-state index in [-0.39, 0.29) is 30.9 Å². The molecular weight excluding hydrogens is 376 g/mol. The smallest absolute Gasteiger partial charge is 0.326 e. The van der Waals surface area contributed by atoms with Gasteiger partial charge >= 0.3 is 5.97 Å². The molecule has 1 aliphatic rings. The number of carboxylic acid groups (broad SMARTS) is 1. The van der Waals surface area contributed by atoms with Crippen LogP contribution in [-0.4, -0.2) is 52.4 Å². The van der Waals surface area contributed by atoms with E-state index in [0.29, 0.717) is 18.4 Å². The lowest BCUT2D eigenvalue weighted by molar-refractivity contribution is -0.142. The predicted octanol–water partition coefficient (Wildman–Crippen LogP) is 0.593. The summed E-state index contributed by atoms with van der Waals surface area (Å²) in [5.74, 6) is -2.62. The van der Waals surface area contributed by atoms with Crippen LogP contribution in [0.5, 0.6) is 0 Å². The van der Waals surface area contributed by atoms with E-state index >= 15 is 0 Å². The second kappa shape index (κ2) is 9.13. The van der Waals surface area contributed by atoms with Crippen LogP contribution in [0.1, 0.15) is 36.2 Å². The van der Waals surface area contributed by atoms with Crippen molar-refractivity contribution in [2.75, 3.05) is 6.54 Å². The van der Waals surface area contributed by atoms with E-state index in [1.807, 2.05) is 12.1 Å². The van der Waals surface area contributed by atoms with Gasteiger partial charge < -0.3 is 21.1 Å². The minimum atomic E-state index is -1.16. The van der Waals surface area contributed by atoms with Crippen LogP contribution in [0, 0.1) is 0 Å². The monoisotopic (exact) mass is 398 g/mol. The Hall–Kier alpha value is -3.49. The molecule has 1 saturated heterocycles. The molecule has 1 aromatic heterocycles. The van der Waals surface area contributed by atoms with Gasteiger partial charge in [0.15, 0.2) is 0 Å². The van der Waals surface area contributed by atoms with Gasteiger partial charge in [-0.05, 0) is 30.7 Å². The summed E-state index contributed by atoms with van der Waals surface area (Å²) >= 11 is 0. The first kappa shape index (κ1) is 20.2. The van der Waals surface area contributed by atoms with Gasteiger partial charge in [-0.3, -0.25) is 19.4 Å². The van der Waals surface area contributed by atoms with Gasteiger partial charge in [0.25, 0.3) is 5.91 Å². The summed E-state index contributed by atoms with van der Waals surface area (Å²) in [6, 6.07) is 6.84. The summed E-state index contributed by atoms with van der Waals surface area (Å²) in [4.78, 5) is 52.9. The summed E-state index contributed by atoms with van der Waals surface area (Å²) in [6.45, 7) is 0.329. The first-order chi connectivity index (χ1) is 14.0. The summed E-state index contributed by atoms with van der Waals surface area (Å²) in [6.07, 6.45) is 2.16. The molecular formula is C20H22N4O5. The molecule has 0 radical (unpaired) electrons. The van der Waals surface area contributed by atoms with E-state index in [1.165, 1.54) is 6.20 Å². The topological polar surface area (TPSA) is 137 Å². The number of amides is 3. The van der Waals surface area contributed by atoms with Crippen molar-refractivity contribution in [2.45, 2.75) is 37.8 Å². The van der Waals surface area contributed by atoms with Gasteiger partial charge in [-0.25, -0.2) is 4.79 Å². The van der Waals surface area contributed by atoms with E-state index < -0.39 is 29.9 Å². The van der Waals surface area contributed by atoms with Crippen LogP contribution in [0.2, 0.25) is 0 Å². The molecule has 9 heteroatoms. The largest absolute Gasteiger partial charge is 0.480 e. The number of hydrogen-bond acceptors (Lipinski definition) is 5. The molecule has 0 saturated carbocycles. The van der Waals surface area contributed by atoms with Crippen LogP contribution >= 0.6 is 0 Å². The molecule has 2 heterocycles. The molecule has 4 N–H and O–H groups in total. The number of carbonyl (C=O) groups excluding carboxylic acids is 3. The van der Waals surface area contributed by atoms with Gasteiger partial charge in [0.05, 0.1) is 0 Å². The maximum absolute atomic E-state index is 12.8. The number of fused-ring (bicyclic) bond motifs is 1. The summed E-state index contributed by atoms with van der Waals surface area (Å²) in [7, 11) is 0. The fraction of sp³-hybridized carbons (Fsp3) is 0.350. The number of rotatable bonds is 3. The molecule has 0 bridgehead atoms. The number of nitrogens with zero attached hydrogens (tertiary/aromatic N) is 1. The Kier molecular flexibility index (Phi) is 6.38. The first-order valence-electron chi connectivity index (χ1n) is 9.40. The van der Waals surface area contributed by atoms with Crippen LogP contribution in [0.15, 0.2) is 36.5 Å². The standard InChI is InChI=1S/C20H22N4O5/c25-16-8-7-14(18(26)24-15(20(28)29)6-3-10-21-16)23-19(27)17-13-5-2-1-4-12(13)9-11-22-17/h1-2,4-5,9,11,14-15H,3,6-8,10H2,(H,21,25)(H,23,27)(H,24,26)(H,28,29)/t14-,15-/m0/s1. The highest BCUT2D eigenvalue weighted by Crippen LogP contribution is 2.16. The normalized spacial score (nSPS) is 20.8. The molecule has 3 amide bonds. The van der Waals surface area contributed by atoms with E-state index in [4.69, 9.17) is 0 Å². The molecule has 0 unspecified atom stereocenters. The fourth-order valence-electron chi connectivity index (χ4n) is 3.22. The van der Waals surface area contributed by atoms with E-state index in [9.17, 15) is 24.3 Å².